The van der Waals surface area contributed by atoms with Crippen LogP contribution in [0.2, 0.25) is 5.02 Å². The van der Waals surface area contributed by atoms with Gasteiger partial charge in [0.15, 0.2) is 0 Å². The summed E-state index contributed by atoms with van der Waals surface area (Å²) in [5.74, 6) is 0. The van der Waals surface area contributed by atoms with E-state index < -0.39 is 0 Å². The first-order chi connectivity index (χ1) is 9.17. The molecular weight excluding hydrogens is 256 g/mol. The van der Waals surface area contributed by atoms with Gasteiger partial charge in [0.2, 0.25) is 0 Å². The molecule has 3 heteroatoms. The highest BCUT2D eigenvalue weighted by molar-refractivity contribution is 6.30. The molecule has 2 aromatic carbocycles. The highest BCUT2D eigenvalue weighted by Gasteiger charge is 2.13. The molecule has 0 heterocycles. The molecule has 0 spiro atoms. The molecule has 0 aliphatic heterocycles. The maximum absolute atomic E-state index is 6.13. The van der Waals surface area contributed by atoms with E-state index in [2.05, 4.69) is 43.0 Å². The summed E-state index contributed by atoms with van der Waals surface area (Å²) in [5.41, 5.74) is 10.5. The molecule has 0 saturated heterocycles. The average Bonchev–Trinajstić information content (AvgIpc) is 2.42. The van der Waals surface area contributed by atoms with Crippen LogP contribution in [0.15, 0.2) is 42.5 Å². The normalized spacial score (nSPS) is 10.5. The van der Waals surface area contributed by atoms with Crippen LogP contribution in [0.25, 0.3) is 0 Å². The van der Waals surface area contributed by atoms with Crippen molar-refractivity contribution in [3.63, 3.8) is 0 Å². The van der Waals surface area contributed by atoms with Gasteiger partial charge >= 0.3 is 0 Å². The first kappa shape index (κ1) is 13.9. The van der Waals surface area contributed by atoms with Crippen molar-refractivity contribution in [1.82, 2.24) is 0 Å². The van der Waals surface area contributed by atoms with Gasteiger partial charge in [-0.1, -0.05) is 35.9 Å². The third-order valence-corrected chi connectivity index (χ3v) is 3.52. The van der Waals surface area contributed by atoms with E-state index in [-0.39, 0.29) is 0 Å². The Morgan fingerprint density at radius 3 is 2.47 bits per heavy atom. The molecule has 2 nitrogen and oxygen atoms in total. The second-order valence-corrected chi connectivity index (χ2v) is 4.94. The third kappa shape index (κ3) is 2.91. The Morgan fingerprint density at radius 2 is 1.84 bits per heavy atom. The summed E-state index contributed by atoms with van der Waals surface area (Å²) in [5, 5.41) is 0.735. The SMILES string of the molecule is CCN(c1ccccc1C)c1cc(Cl)ccc1CN. The Labute approximate surface area is 119 Å². The zero-order valence-corrected chi connectivity index (χ0v) is 12.1. The van der Waals surface area contributed by atoms with Crippen LogP contribution >= 0.6 is 11.6 Å². The lowest BCUT2D eigenvalue weighted by molar-refractivity contribution is 0.978. The molecule has 0 aromatic heterocycles. The van der Waals surface area contributed by atoms with Crippen molar-refractivity contribution in [1.29, 1.82) is 0 Å². The largest absolute Gasteiger partial charge is 0.341 e. The fraction of sp³-hybridized carbons (Fsp3) is 0.250. The van der Waals surface area contributed by atoms with E-state index in [1.54, 1.807) is 0 Å². The van der Waals surface area contributed by atoms with Crippen LogP contribution in [0, 0.1) is 6.92 Å². The maximum Gasteiger partial charge on any atom is 0.0471 e. The van der Waals surface area contributed by atoms with Gasteiger partial charge in [-0.05, 0) is 43.2 Å². The number of hydrogen-bond acceptors (Lipinski definition) is 2. The van der Waals surface area contributed by atoms with Crippen molar-refractivity contribution < 1.29 is 0 Å². The number of aryl methyl sites for hydroxylation is 1. The van der Waals surface area contributed by atoms with Crippen LogP contribution in [0.1, 0.15) is 18.1 Å². The predicted octanol–water partition coefficient (Wildman–Crippen LogP) is 4.27. The molecular formula is C16H19ClN2. The minimum atomic E-state index is 0.509. The Kier molecular flexibility index (Phi) is 4.46. The van der Waals surface area contributed by atoms with Crippen LogP contribution in [0.4, 0.5) is 11.4 Å². The highest BCUT2D eigenvalue weighted by Crippen LogP contribution is 2.32. The zero-order chi connectivity index (χ0) is 13.8. The number of nitrogens with zero attached hydrogens (tertiary/aromatic N) is 1. The summed E-state index contributed by atoms with van der Waals surface area (Å²) >= 11 is 6.13. The third-order valence-electron chi connectivity index (χ3n) is 3.28. The Bertz CT molecular complexity index is 566. The van der Waals surface area contributed by atoms with Gasteiger partial charge in [0.05, 0.1) is 0 Å². The monoisotopic (exact) mass is 274 g/mol. The van der Waals surface area contributed by atoms with Crippen LogP contribution in [0.3, 0.4) is 0 Å². The van der Waals surface area contributed by atoms with Gasteiger partial charge in [-0.25, -0.2) is 0 Å². The molecule has 2 N–H and O–H groups in total. The van der Waals surface area contributed by atoms with Crippen molar-refractivity contribution in [2.45, 2.75) is 20.4 Å². The Balaban J connectivity index is 2.54. The number of anilines is 2. The molecule has 0 bridgehead atoms. The van der Waals surface area contributed by atoms with Gasteiger partial charge in [-0.2, -0.15) is 0 Å². The highest BCUT2D eigenvalue weighted by atomic mass is 35.5. The lowest BCUT2D eigenvalue weighted by Crippen LogP contribution is -2.19. The quantitative estimate of drug-likeness (QED) is 0.902. The van der Waals surface area contributed by atoms with E-state index in [0.717, 1.165) is 22.8 Å². The van der Waals surface area contributed by atoms with Gasteiger partial charge in [0.25, 0.3) is 0 Å². The van der Waals surface area contributed by atoms with Gasteiger partial charge in [-0.15, -0.1) is 0 Å². The van der Waals surface area contributed by atoms with E-state index in [1.165, 1.54) is 11.3 Å². The molecule has 0 atom stereocenters. The lowest BCUT2D eigenvalue weighted by atomic mass is 10.1. The Hall–Kier alpha value is -1.51. The fourth-order valence-corrected chi connectivity index (χ4v) is 2.46. The summed E-state index contributed by atoms with van der Waals surface area (Å²) in [6.07, 6.45) is 0. The van der Waals surface area contributed by atoms with Gasteiger partial charge in [-0.3, -0.25) is 0 Å². The average molecular weight is 275 g/mol. The number of hydrogen-bond donors (Lipinski definition) is 1. The molecule has 0 fully saturated rings. The minimum Gasteiger partial charge on any atom is -0.341 e. The van der Waals surface area contributed by atoms with Crippen molar-refractivity contribution >= 4 is 23.0 Å². The number of rotatable bonds is 4. The molecule has 19 heavy (non-hydrogen) atoms. The fourth-order valence-electron chi connectivity index (χ4n) is 2.30. The molecule has 100 valence electrons. The lowest BCUT2D eigenvalue weighted by Gasteiger charge is -2.27. The van der Waals surface area contributed by atoms with Crippen LogP contribution < -0.4 is 10.6 Å². The maximum atomic E-state index is 6.13. The summed E-state index contributed by atoms with van der Waals surface area (Å²) < 4.78 is 0. The summed E-state index contributed by atoms with van der Waals surface area (Å²) in [7, 11) is 0. The van der Waals surface area contributed by atoms with Crippen molar-refractivity contribution in [3.05, 3.63) is 58.6 Å². The first-order valence-electron chi connectivity index (χ1n) is 6.49. The first-order valence-corrected chi connectivity index (χ1v) is 6.86. The molecule has 0 saturated carbocycles. The molecule has 0 radical (unpaired) electrons. The van der Waals surface area contributed by atoms with Crippen molar-refractivity contribution in [3.8, 4) is 0 Å². The standard InChI is InChI=1S/C16H19ClN2/c1-3-19(15-7-5-4-6-12(15)2)16-10-14(17)9-8-13(16)11-18/h4-10H,3,11,18H2,1-2H3. The second-order valence-electron chi connectivity index (χ2n) is 4.51. The summed E-state index contributed by atoms with van der Waals surface area (Å²) in [4.78, 5) is 2.25. The van der Waals surface area contributed by atoms with E-state index in [0.29, 0.717) is 6.54 Å². The smallest absolute Gasteiger partial charge is 0.0471 e. The van der Waals surface area contributed by atoms with Crippen molar-refractivity contribution in [2.75, 3.05) is 11.4 Å². The molecule has 0 amide bonds. The summed E-state index contributed by atoms with van der Waals surface area (Å²) in [6.45, 7) is 5.63. The molecule has 0 unspecified atom stereocenters. The van der Waals surface area contributed by atoms with Gasteiger partial charge < -0.3 is 10.6 Å². The van der Waals surface area contributed by atoms with Crippen LogP contribution in [-0.2, 0) is 6.54 Å². The van der Waals surface area contributed by atoms with E-state index >= 15 is 0 Å². The number of halogens is 1. The molecule has 2 aromatic rings. The second kappa shape index (κ2) is 6.09. The van der Waals surface area contributed by atoms with Crippen LogP contribution in [-0.4, -0.2) is 6.54 Å². The van der Waals surface area contributed by atoms with Gasteiger partial charge in [0, 0.05) is 29.5 Å². The van der Waals surface area contributed by atoms with E-state index in [1.807, 2.05) is 18.2 Å². The van der Waals surface area contributed by atoms with Crippen LogP contribution in [0.5, 0.6) is 0 Å². The van der Waals surface area contributed by atoms with Crippen molar-refractivity contribution in [2.24, 2.45) is 5.73 Å². The zero-order valence-electron chi connectivity index (χ0n) is 11.4. The topological polar surface area (TPSA) is 29.3 Å². The van der Waals surface area contributed by atoms with E-state index in [4.69, 9.17) is 17.3 Å². The minimum absolute atomic E-state index is 0.509. The van der Waals surface area contributed by atoms with Gasteiger partial charge in [0.1, 0.15) is 0 Å². The number of benzene rings is 2. The Morgan fingerprint density at radius 1 is 1.11 bits per heavy atom. The summed E-state index contributed by atoms with van der Waals surface area (Å²) in [6, 6.07) is 14.2. The van der Waals surface area contributed by atoms with E-state index in [9.17, 15) is 0 Å². The number of nitrogens with two attached hydrogens (primary N) is 1. The predicted molar refractivity (Wildman–Crippen MR) is 83.2 cm³/mol. The molecule has 0 aliphatic rings. The molecule has 0 aliphatic carbocycles. The number of para-hydroxylation sites is 1. The molecule has 2 rings (SSSR count).